The Balaban J connectivity index is 2.75. The smallest absolute Gasteiger partial charge is 0.253 e. The molecule has 18 heavy (non-hydrogen) atoms. The van der Waals surface area contributed by atoms with Crippen LogP contribution in [0.5, 0.6) is 0 Å². The minimum Gasteiger partial charge on any atom is -0.385 e. The Morgan fingerprint density at radius 1 is 1.50 bits per heavy atom. The lowest BCUT2D eigenvalue weighted by Gasteiger charge is -2.15. The second-order valence-corrected chi connectivity index (χ2v) is 4.07. The first-order chi connectivity index (χ1) is 8.60. The van der Waals surface area contributed by atoms with Crippen LogP contribution in [0.2, 0.25) is 0 Å². The van der Waals surface area contributed by atoms with Crippen LogP contribution in [0.4, 0.5) is 10.1 Å². The van der Waals surface area contributed by atoms with E-state index in [0.717, 1.165) is 0 Å². The van der Waals surface area contributed by atoms with Crippen molar-refractivity contribution in [2.75, 3.05) is 26.1 Å². The van der Waals surface area contributed by atoms with Gasteiger partial charge in [-0.25, -0.2) is 4.39 Å². The van der Waals surface area contributed by atoms with Crippen molar-refractivity contribution < 1.29 is 13.9 Å². The molecule has 2 N–H and O–H groups in total. The summed E-state index contributed by atoms with van der Waals surface area (Å²) in [5, 5.41) is 5.51. The predicted octanol–water partition coefficient (Wildman–Crippen LogP) is 2.02. The average molecular weight is 254 g/mol. The zero-order valence-electron chi connectivity index (χ0n) is 10.9. The number of carbonyl (C=O) groups excluding carboxylic acids is 1. The molecule has 1 rings (SSSR count). The molecule has 0 saturated carbocycles. The first-order valence-corrected chi connectivity index (χ1v) is 5.86. The molecular weight excluding hydrogens is 235 g/mol. The van der Waals surface area contributed by atoms with Crippen LogP contribution in [0.25, 0.3) is 0 Å². The first kappa shape index (κ1) is 14.4. The van der Waals surface area contributed by atoms with Gasteiger partial charge in [-0.15, -0.1) is 0 Å². The summed E-state index contributed by atoms with van der Waals surface area (Å²) < 4.78 is 18.4. The fourth-order valence-corrected chi connectivity index (χ4v) is 1.64. The van der Waals surface area contributed by atoms with E-state index >= 15 is 0 Å². The average Bonchev–Trinajstić information content (AvgIpc) is 2.35. The van der Waals surface area contributed by atoms with E-state index in [1.165, 1.54) is 12.1 Å². The van der Waals surface area contributed by atoms with Crippen molar-refractivity contribution in [1.29, 1.82) is 0 Å². The Labute approximate surface area is 107 Å². The summed E-state index contributed by atoms with van der Waals surface area (Å²) >= 11 is 0. The molecule has 5 heteroatoms. The summed E-state index contributed by atoms with van der Waals surface area (Å²) in [5.74, 6) is -0.725. The molecule has 1 aromatic rings. The van der Waals surface area contributed by atoms with Crippen molar-refractivity contribution in [3.63, 3.8) is 0 Å². The minimum atomic E-state index is -0.435. The highest BCUT2D eigenvalue weighted by atomic mass is 19.1. The highest BCUT2D eigenvalue weighted by Crippen LogP contribution is 2.19. The van der Waals surface area contributed by atoms with Crippen molar-refractivity contribution in [3.05, 3.63) is 29.6 Å². The number of methoxy groups -OCH3 is 1. The Bertz CT molecular complexity index is 410. The van der Waals surface area contributed by atoms with Crippen molar-refractivity contribution in [2.24, 2.45) is 0 Å². The molecule has 0 saturated heterocycles. The quantitative estimate of drug-likeness (QED) is 0.816. The second kappa shape index (κ2) is 6.96. The maximum Gasteiger partial charge on any atom is 0.253 e. The molecular formula is C13H19FN2O2. The van der Waals surface area contributed by atoms with Crippen molar-refractivity contribution >= 4 is 11.6 Å². The SMILES string of the molecule is CNc1c(F)cccc1C(=O)NC(C)CCOC. The third-order valence-corrected chi connectivity index (χ3v) is 2.64. The Hall–Kier alpha value is -1.62. The molecule has 1 atom stereocenters. The lowest BCUT2D eigenvalue weighted by Crippen LogP contribution is -2.33. The normalized spacial score (nSPS) is 12.0. The lowest BCUT2D eigenvalue weighted by molar-refractivity contribution is 0.0930. The van der Waals surface area contributed by atoms with Crippen LogP contribution in [0.1, 0.15) is 23.7 Å². The van der Waals surface area contributed by atoms with Gasteiger partial charge >= 0.3 is 0 Å². The summed E-state index contributed by atoms with van der Waals surface area (Å²) in [6, 6.07) is 4.40. The molecule has 0 aliphatic heterocycles. The molecule has 1 unspecified atom stereocenters. The largest absolute Gasteiger partial charge is 0.385 e. The standard InChI is InChI=1S/C13H19FN2O2/c1-9(7-8-18-3)16-13(17)10-5-4-6-11(14)12(10)15-2/h4-6,9,15H,7-8H2,1-3H3,(H,16,17). The summed E-state index contributed by atoms with van der Waals surface area (Å²) in [6.45, 7) is 2.46. The van der Waals surface area contributed by atoms with Gasteiger partial charge in [0.25, 0.3) is 5.91 Å². The van der Waals surface area contributed by atoms with Crippen molar-refractivity contribution in [3.8, 4) is 0 Å². The maximum absolute atomic E-state index is 13.5. The minimum absolute atomic E-state index is 0.0228. The molecule has 4 nitrogen and oxygen atoms in total. The zero-order chi connectivity index (χ0) is 13.5. The number of halogens is 1. The van der Waals surface area contributed by atoms with Crippen LogP contribution in [0, 0.1) is 5.82 Å². The van der Waals surface area contributed by atoms with E-state index in [0.29, 0.717) is 18.6 Å². The number of para-hydroxylation sites is 1. The van der Waals surface area contributed by atoms with Gasteiger partial charge in [0, 0.05) is 26.8 Å². The number of benzene rings is 1. The lowest BCUT2D eigenvalue weighted by atomic mass is 10.1. The highest BCUT2D eigenvalue weighted by molar-refractivity contribution is 5.99. The van der Waals surface area contributed by atoms with Gasteiger partial charge in [0.05, 0.1) is 11.3 Å². The number of anilines is 1. The van der Waals surface area contributed by atoms with Crippen LogP contribution in [-0.2, 0) is 4.74 Å². The van der Waals surface area contributed by atoms with E-state index in [4.69, 9.17) is 4.74 Å². The van der Waals surface area contributed by atoms with Gasteiger partial charge in [0.1, 0.15) is 5.82 Å². The molecule has 0 spiro atoms. The number of hydrogen-bond acceptors (Lipinski definition) is 3. The van der Waals surface area contributed by atoms with Gasteiger partial charge in [0.15, 0.2) is 0 Å². The topological polar surface area (TPSA) is 50.4 Å². The Kier molecular flexibility index (Phi) is 5.58. The summed E-state index contributed by atoms with van der Waals surface area (Å²) in [7, 11) is 3.20. The third kappa shape index (κ3) is 3.70. The molecule has 0 bridgehead atoms. The fraction of sp³-hybridized carbons (Fsp3) is 0.462. The van der Waals surface area contributed by atoms with E-state index in [1.807, 2.05) is 6.92 Å². The van der Waals surface area contributed by atoms with Crippen LogP contribution in [-0.4, -0.2) is 32.7 Å². The molecule has 1 aromatic carbocycles. The number of nitrogens with one attached hydrogen (secondary N) is 2. The van der Waals surface area contributed by atoms with Gasteiger partial charge in [-0.3, -0.25) is 4.79 Å². The van der Waals surface area contributed by atoms with Gasteiger partial charge in [0.2, 0.25) is 0 Å². The summed E-state index contributed by atoms with van der Waals surface area (Å²) in [4.78, 5) is 12.0. The Morgan fingerprint density at radius 2 is 2.22 bits per heavy atom. The van der Waals surface area contributed by atoms with Gasteiger partial charge < -0.3 is 15.4 Å². The second-order valence-electron chi connectivity index (χ2n) is 4.07. The number of ether oxygens (including phenoxy) is 1. The maximum atomic E-state index is 13.5. The van der Waals surface area contributed by atoms with Crippen LogP contribution in [0.15, 0.2) is 18.2 Å². The van der Waals surface area contributed by atoms with Crippen LogP contribution in [0.3, 0.4) is 0 Å². The van der Waals surface area contributed by atoms with Crippen LogP contribution < -0.4 is 10.6 Å². The third-order valence-electron chi connectivity index (χ3n) is 2.64. The van der Waals surface area contributed by atoms with Crippen LogP contribution >= 0.6 is 0 Å². The van der Waals surface area contributed by atoms with Gasteiger partial charge in [-0.05, 0) is 25.5 Å². The predicted molar refractivity (Wildman–Crippen MR) is 69.4 cm³/mol. The molecule has 100 valence electrons. The van der Waals surface area contributed by atoms with E-state index in [-0.39, 0.29) is 17.6 Å². The molecule has 0 fully saturated rings. The first-order valence-electron chi connectivity index (χ1n) is 5.86. The van der Waals surface area contributed by atoms with E-state index < -0.39 is 5.82 Å². The zero-order valence-corrected chi connectivity index (χ0v) is 10.9. The fourth-order valence-electron chi connectivity index (χ4n) is 1.64. The van der Waals surface area contributed by atoms with E-state index in [2.05, 4.69) is 10.6 Å². The molecule has 0 aromatic heterocycles. The van der Waals surface area contributed by atoms with Crippen molar-refractivity contribution in [1.82, 2.24) is 5.32 Å². The summed E-state index contributed by atoms with van der Waals surface area (Å²) in [6.07, 6.45) is 0.715. The Morgan fingerprint density at radius 3 is 2.83 bits per heavy atom. The highest BCUT2D eigenvalue weighted by Gasteiger charge is 2.15. The molecule has 1 amide bonds. The molecule has 0 heterocycles. The number of hydrogen-bond donors (Lipinski definition) is 2. The number of carbonyl (C=O) groups is 1. The number of rotatable bonds is 6. The van der Waals surface area contributed by atoms with E-state index in [1.54, 1.807) is 20.2 Å². The monoisotopic (exact) mass is 254 g/mol. The van der Waals surface area contributed by atoms with E-state index in [9.17, 15) is 9.18 Å². The molecule has 0 aliphatic carbocycles. The molecule has 0 aliphatic rings. The van der Waals surface area contributed by atoms with Crippen molar-refractivity contribution in [2.45, 2.75) is 19.4 Å². The summed E-state index contributed by atoms with van der Waals surface area (Å²) in [5.41, 5.74) is 0.524. The van der Waals surface area contributed by atoms with Gasteiger partial charge in [-0.1, -0.05) is 6.07 Å². The number of amides is 1. The molecule has 0 radical (unpaired) electrons. The van der Waals surface area contributed by atoms with Gasteiger partial charge in [-0.2, -0.15) is 0 Å².